The summed E-state index contributed by atoms with van der Waals surface area (Å²) in [6.45, 7) is 9.19. The molecule has 17 heavy (non-hydrogen) atoms. The van der Waals surface area contributed by atoms with E-state index < -0.39 is 0 Å². The molecule has 94 valence electrons. The van der Waals surface area contributed by atoms with Crippen LogP contribution in [0, 0.1) is 0 Å². The van der Waals surface area contributed by atoms with Crippen LogP contribution in [0.5, 0.6) is 5.88 Å². The van der Waals surface area contributed by atoms with E-state index in [1.807, 2.05) is 24.8 Å². The maximum atomic E-state index is 5.41. The van der Waals surface area contributed by atoms with Gasteiger partial charge in [0.15, 0.2) is 0 Å². The van der Waals surface area contributed by atoms with Crippen molar-refractivity contribution in [2.45, 2.75) is 25.5 Å². The minimum Gasteiger partial charge on any atom is -0.478 e. The molecule has 1 aliphatic heterocycles. The Morgan fingerprint density at radius 2 is 2.29 bits per heavy atom. The van der Waals surface area contributed by atoms with Crippen molar-refractivity contribution in [3.63, 3.8) is 0 Å². The Labute approximate surface area is 107 Å². The lowest BCUT2D eigenvalue weighted by Crippen LogP contribution is -2.43. The topological polar surface area (TPSA) is 38.2 Å². The van der Waals surface area contributed by atoms with Crippen LogP contribution in [0.3, 0.4) is 0 Å². The molecule has 0 saturated carbocycles. The van der Waals surface area contributed by atoms with Crippen molar-refractivity contribution in [1.82, 2.24) is 9.97 Å². The molecule has 0 spiro atoms. The zero-order valence-corrected chi connectivity index (χ0v) is 11.5. The van der Waals surface area contributed by atoms with Crippen molar-refractivity contribution in [2.24, 2.45) is 0 Å². The number of anilines is 1. The first-order chi connectivity index (χ1) is 8.11. The fourth-order valence-electron chi connectivity index (χ4n) is 1.94. The Morgan fingerprint density at radius 3 is 3.00 bits per heavy atom. The van der Waals surface area contributed by atoms with E-state index in [9.17, 15) is 0 Å². The van der Waals surface area contributed by atoms with Crippen LogP contribution in [0.1, 0.15) is 20.8 Å². The average molecular weight is 253 g/mol. The molecule has 0 unspecified atom stereocenters. The lowest BCUT2D eigenvalue weighted by molar-refractivity contribution is 0.326. The van der Waals surface area contributed by atoms with Gasteiger partial charge in [0.25, 0.3) is 0 Å². The Balaban J connectivity index is 2.13. The minimum absolute atomic E-state index is 0.287. The van der Waals surface area contributed by atoms with Gasteiger partial charge >= 0.3 is 0 Å². The maximum absolute atomic E-state index is 5.41. The Morgan fingerprint density at radius 1 is 1.47 bits per heavy atom. The zero-order chi connectivity index (χ0) is 12.3. The highest BCUT2D eigenvalue weighted by Crippen LogP contribution is 2.31. The van der Waals surface area contributed by atoms with E-state index in [0.717, 1.165) is 24.7 Å². The second-order valence-corrected chi connectivity index (χ2v) is 6.48. The Bertz CT molecular complexity index is 384. The first-order valence-electron chi connectivity index (χ1n) is 5.94. The highest BCUT2D eigenvalue weighted by molar-refractivity contribution is 8.00. The summed E-state index contributed by atoms with van der Waals surface area (Å²) in [5.41, 5.74) is 0. The van der Waals surface area contributed by atoms with E-state index in [-0.39, 0.29) is 4.75 Å². The molecule has 0 aromatic carbocycles. The van der Waals surface area contributed by atoms with E-state index in [2.05, 4.69) is 28.7 Å². The molecule has 5 heteroatoms. The van der Waals surface area contributed by atoms with Crippen molar-refractivity contribution < 1.29 is 4.74 Å². The molecular weight excluding hydrogens is 234 g/mol. The van der Waals surface area contributed by atoms with Gasteiger partial charge in [0.2, 0.25) is 5.88 Å². The van der Waals surface area contributed by atoms with E-state index >= 15 is 0 Å². The SMILES string of the molecule is CCOc1cc(N2CCSC(C)(C)C2)ncn1. The summed E-state index contributed by atoms with van der Waals surface area (Å²) in [6, 6.07) is 1.93. The van der Waals surface area contributed by atoms with Crippen molar-refractivity contribution in [3.05, 3.63) is 12.4 Å². The lowest BCUT2D eigenvalue weighted by Gasteiger charge is -2.38. The molecule has 0 radical (unpaired) electrons. The lowest BCUT2D eigenvalue weighted by atomic mass is 10.2. The number of hydrogen-bond donors (Lipinski definition) is 0. The normalized spacial score (nSPS) is 19.1. The quantitative estimate of drug-likeness (QED) is 0.825. The van der Waals surface area contributed by atoms with Gasteiger partial charge in [-0.15, -0.1) is 0 Å². The van der Waals surface area contributed by atoms with Crippen LogP contribution in [-0.4, -0.2) is 40.2 Å². The van der Waals surface area contributed by atoms with Crippen LogP contribution in [-0.2, 0) is 0 Å². The van der Waals surface area contributed by atoms with Gasteiger partial charge in [0.05, 0.1) is 6.61 Å². The van der Waals surface area contributed by atoms with Gasteiger partial charge in [0.1, 0.15) is 12.1 Å². The fourth-order valence-corrected chi connectivity index (χ4v) is 3.05. The number of ether oxygens (including phenoxy) is 1. The summed E-state index contributed by atoms with van der Waals surface area (Å²) in [7, 11) is 0. The van der Waals surface area contributed by atoms with Gasteiger partial charge in [-0.3, -0.25) is 0 Å². The summed E-state index contributed by atoms with van der Waals surface area (Å²) >= 11 is 2.02. The molecule has 2 heterocycles. The van der Waals surface area contributed by atoms with Crippen LogP contribution < -0.4 is 9.64 Å². The fraction of sp³-hybridized carbons (Fsp3) is 0.667. The third kappa shape index (κ3) is 3.25. The van der Waals surface area contributed by atoms with Gasteiger partial charge in [-0.1, -0.05) is 0 Å². The maximum Gasteiger partial charge on any atom is 0.218 e. The van der Waals surface area contributed by atoms with Crippen molar-refractivity contribution in [2.75, 3.05) is 30.3 Å². The summed E-state index contributed by atoms with van der Waals surface area (Å²) < 4.78 is 5.69. The standard InChI is InChI=1S/C12H19N3OS/c1-4-16-11-7-10(13-9-14-11)15-5-6-17-12(2,3)8-15/h7,9H,4-6,8H2,1-3H3. The number of thioether (sulfide) groups is 1. The molecule has 1 fully saturated rings. The second kappa shape index (κ2) is 5.12. The van der Waals surface area contributed by atoms with Crippen LogP contribution in [0.25, 0.3) is 0 Å². The van der Waals surface area contributed by atoms with Gasteiger partial charge in [0, 0.05) is 29.7 Å². The van der Waals surface area contributed by atoms with E-state index in [1.54, 1.807) is 6.33 Å². The van der Waals surface area contributed by atoms with Crippen molar-refractivity contribution in [3.8, 4) is 5.88 Å². The van der Waals surface area contributed by atoms with Crippen LogP contribution in [0.2, 0.25) is 0 Å². The second-order valence-electron chi connectivity index (χ2n) is 4.68. The Hall–Kier alpha value is -0.970. The number of rotatable bonds is 3. The van der Waals surface area contributed by atoms with Crippen molar-refractivity contribution in [1.29, 1.82) is 0 Å². The van der Waals surface area contributed by atoms with Crippen LogP contribution in [0.15, 0.2) is 12.4 Å². The molecule has 1 aromatic rings. The van der Waals surface area contributed by atoms with Crippen LogP contribution >= 0.6 is 11.8 Å². The van der Waals surface area contributed by atoms with Gasteiger partial charge in [-0.25, -0.2) is 9.97 Å². The largest absolute Gasteiger partial charge is 0.478 e. The highest BCUT2D eigenvalue weighted by Gasteiger charge is 2.27. The molecule has 1 aromatic heterocycles. The van der Waals surface area contributed by atoms with Crippen LogP contribution in [0.4, 0.5) is 5.82 Å². The van der Waals surface area contributed by atoms with Gasteiger partial charge < -0.3 is 9.64 Å². The third-order valence-electron chi connectivity index (χ3n) is 2.67. The number of aromatic nitrogens is 2. The average Bonchev–Trinajstić information content (AvgIpc) is 2.28. The van der Waals surface area contributed by atoms with Crippen molar-refractivity contribution >= 4 is 17.6 Å². The third-order valence-corrected chi connectivity index (χ3v) is 3.97. The molecule has 1 saturated heterocycles. The molecule has 4 nitrogen and oxygen atoms in total. The predicted molar refractivity (Wildman–Crippen MR) is 72.0 cm³/mol. The first kappa shape index (κ1) is 12.5. The van der Waals surface area contributed by atoms with E-state index in [4.69, 9.17) is 4.74 Å². The molecule has 0 N–H and O–H groups in total. The number of hydrogen-bond acceptors (Lipinski definition) is 5. The van der Waals surface area contributed by atoms with Gasteiger partial charge in [-0.05, 0) is 20.8 Å². The number of nitrogens with zero attached hydrogens (tertiary/aromatic N) is 3. The smallest absolute Gasteiger partial charge is 0.218 e. The Kier molecular flexibility index (Phi) is 3.76. The molecule has 0 aliphatic carbocycles. The molecule has 0 amide bonds. The van der Waals surface area contributed by atoms with Gasteiger partial charge in [-0.2, -0.15) is 11.8 Å². The summed E-state index contributed by atoms with van der Waals surface area (Å²) in [5.74, 6) is 2.77. The summed E-state index contributed by atoms with van der Waals surface area (Å²) in [4.78, 5) is 10.7. The molecular formula is C12H19N3OS. The minimum atomic E-state index is 0.287. The highest BCUT2D eigenvalue weighted by atomic mass is 32.2. The molecule has 1 aliphatic rings. The van der Waals surface area contributed by atoms with E-state index in [1.165, 1.54) is 0 Å². The first-order valence-corrected chi connectivity index (χ1v) is 6.93. The zero-order valence-electron chi connectivity index (χ0n) is 10.6. The summed E-state index contributed by atoms with van der Waals surface area (Å²) in [6.07, 6.45) is 1.58. The predicted octanol–water partition coefficient (Wildman–Crippen LogP) is 2.21. The molecule has 0 bridgehead atoms. The van der Waals surface area contributed by atoms with E-state index in [0.29, 0.717) is 12.5 Å². The monoisotopic (exact) mass is 253 g/mol. The molecule has 0 atom stereocenters. The molecule has 2 rings (SSSR count). The summed E-state index contributed by atoms with van der Waals surface area (Å²) in [5, 5.41) is 0.